The van der Waals surface area contributed by atoms with Gasteiger partial charge in [-0.1, -0.05) is 0 Å². The van der Waals surface area contributed by atoms with Gasteiger partial charge in [-0.2, -0.15) is 5.26 Å². The Bertz CT molecular complexity index is 180. The summed E-state index contributed by atoms with van der Waals surface area (Å²) in [5, 5.41) is 8.23. The molecule has 0 aliphatic carbocycles. The molecule has 58 valence electrons. The second-order valence-corrected chi connectivity index (χ2v) is 3.98. The van der Waals surface area contributed by atoms with E-state index in [1.54, 1.807) is 6.92 Å². The monoisotopic (exact) mass is 163 g/mol. The van der Waals surface area contributed by atoms with Crippen molar-refractivity contribution in [3.8, 4) is 6.07 Å². The molecule has 0 aromatic carbocycles. The first-order valence-corrected chi connectivity index (χ1v) is 4.69. The summed E-state index contributed by atoms with van der Waals surface area (Å²) in [5.41, 5.74) is 0. The maximum Gasteiger partial charge on any atom is 0.325 e. The number of rotatable bonds is 3. The molecule has 1 unspecified atom stereocenters. The average molecular weight is 163 g/mol. The predicted molar refractivity (Wildman–Crippen MR) is 36.3 cm³/mol. The average Bonchev–Trinajstić information content (AvgIpc) is 1.81. The van der Waals surface area contributed by atoms with Gasteiger partial charge in [0.25, 0.3) is 0 Å². The van der Waals surface area contributed by atoms with Gasteiger partial charge in [0.1, 0.15) is 0 Å². The summed E-state index contributed by atoms with van der Waals surface area (Å²) in [6.45, 7) is 1.63. The van der Waals surface area contributed by atoms with Crippen LogP contribution in [-0.4, -0.2) is 15.9 Å². The number of nitrogens with zero attached hydrogens (tertiary/aromatic N) is 1. The van der Waals surface area contributed by atoms with Crippen LogP contribution in [0.4, 0.5) is 0 Å². The Morgan fingerprint density at radius 1 is 1.70 bits per heavy atom. The third-order valence-corrected chi connectivity index (χ3v) is 1.91. The van der Waals surface area contributed by atoms with Gasteiger partial charge in [0.2, 0.25) is 0 Å². The molecule has 0 aliphatic heterocycles. The fourth-order valence-electron chi connectivity index (χ4n) is 0.426. The highest BCUT2D eigenvalue weighted by Gasteiger charge is 2.13. The van der Waals surface area contributed by atoms with Crippen LogP contribution >= 0.6 is 7.60 Å². The molecule has 0 bridgehead atoms. The van der Waals surface area contributed by atoms with Crippen molar-refractivity contribution in [3.63, 3.8) is 0 Å². The van der Waals surface area contributed by atoms with Gasteiger partial charge in [-0.3, -0.25) is 4.57 Å². The quantitative estimate of drug-likeness (QED) is 0.600. The lowest BCUT2D eigenvalue weighted by Crippen LogP contribution is -1.95. The molecule has 1 atom stereocenters. The molecule has 0 aromatic heterocycles. The maximum absolute atomic E-state index is 10.2. The second-order valence-electron chi connectivity index (χ2n) is 2.21. The predicted octanol–water partition coefficient (Wildman–Crippen LogP) is 0.714. The molecule has 0 aromatic rings. The van der Waals surface area contributed by atoms with Gasteiger partial charge >= 0.3 is 7.60 Å². The largest absolute Gasteiger partial charge is 0.325 e. The molecule has 0 saturated carbocycles. The molecular formula is C5H10NO3P. The lowest BCUT2D eigenvalue weighted by Gasteiger charge is -2.03. The van der Waals surface area contributed by atoms with E-state index >= 15 is 0 Å². The summed E-state index contributed by atoms with van der Waals surface area (Å²) in [6.07, 6.45) is 0.0719. The van der Waals surface area contributed by atoms with E-state index in [-0.39, 0.29) is 18.5 Å². The molecule has 0 radical (unpaired) electrons. The van der Waals surface area contributed by atoms with Crippen molar-refractivity contribution >= 4 is 7.60 Å². The minimum Gasteiger partial charge on any atom is -0.324 e. The summed E-state index contributed by atoms with van der Waals surface area (Å²) >= 11 is 0. The second kappa shape index (κ2) is 3.72. The van der Waals surface area contributed by atoms with E-state index in [0.717, 1.165) is 0 Å². The van der Waals surface area contributed by atoms with Gasteiger partial charge in [0, 0.05) is 5.92 Å². The first kappa shape index (κ1) is 9.64. The zero-order chi connectivity index (χ0) is 8.20. The van der Waals surface area contributed by atoms with Gasteiger partial charge < -0.3 is 9.79 Å². The van der Waals surface area contributed by atoms with Crippen LogP contribution < -0.4 is 0 Å². The lowest BCUT2D eigenvalue weighted by atomic mass is 10.1. The Labute approximate surface area is 59.6 Å². The molecule has 4 nitrogen and oxygen atoms in total. The fourth-order valence-corrected chi connectivity index (χ4v) is 1.15. The van der Waals surface area contributed by atoms with E-state index < -0.39 is 7.60 Å². The van der Waals surface area contributed by atoms with Crippen LogP contribution in [-0.2, 0) is 4.57 Å². The highest BCUT2D eigenvalue weighted by Crippen LogP contribution is 2.35. The van der Waals surface area contributed by atoms with Gasteiger partial charge in [0.15, 0.2) is 0 Å². The van der Waals surface area contributed by atoms with Crippen LogP contribution in [0.25, 0.3) is 0 Å². The summed E-state index contributed by atoms with van der Waals surface area (Å²) < 4.78 is 10.2. The van der Waals surface area contributed by atoms with Crippen LogP contribution in [0.1, 0.15) is 13.3 Å². The van der Waals surface area contributed by atoms with Crippen molar-refractivity contribution in [1.82, 2.24) is 0 Å². The molecule has 0 fully saturated rings. The van der Waals surface area contributed by atoms with Gasteiger partial charge in [-0.15, -0.1) is 0 Å². The van der Waals surface area contributed by atoms with Gasteiger partial charge in [-0.25, -0.2) is 0 Å². The number of nitriles is 1. The third-order valence-electron chi connectivity index (χ3n) is 1.07. The molecule has 2 N–H and O–H groups in total. The molecule has 0 amide bonds. The van der Waals surface area contributed by atoms with Gasteiger partial charge in [0.05, 0.1) is 12.2 Å². The Hall–Kier alpha value is -0.360. The topological polar surface area (TPSA) is 81.3 Å². The number of hydrogen-bond donors (Lipinski definition) is 2. The van der Waals surface area contributed by atoms with E-state index in [0.29, 0.717) is 0 Å². The van der Waals surface area contributed by atoms with E-state index in [4.69, 9.17) is 15.0 Å². The Balaban J connectivity index is 3.58. The zero-order valence-electron chi connectivity index (χ0n) is 5.69. The van der Waals surface area contributed by atoms with Crippen molar-refractivity contribution in [2.24, 2.45) is 5.92 Å². The molecular weight excluding hydrogens is 153 g/mol. The number of hydrogen-bond acceptors (Lipinski definition) is 2. The molecule has 0 saturated heterocycles. The van der Waals surface area contributed by atoms with Crippen molar-refractivity contribution in [1.29, 1.82) is 5.26 Å². The van der Waals surface area contributed by atoms with Gasteiger partial charge in [-0.05, 0) is 13.3 Å². The van der Waals surface area contributed by atoms with E-state index in [1.807, 2.05) is 6.07 Å². The Kier molecular flexibility index (Phi) is 3.59. The van der Waals surface area contributed by atoms with Crippen LogP contribution in [0.5, 0.6) is 0 Å². The fraction of sp³-hybridized carbons (Fsp3) is 0.800. The lowest BCUT2D eigenvalue weighted by molar-refractivity contribution is 0.369. The summed E-state index contributed by atoms with van der Waals surface area (Å²) in [5.74, 6) is -0.271. The standard InChI is InChI=1S/C5H10NO3P/c1-5(4-6)2-3-10(7,8)9/h5H,2-3H2,1H3,(H2,7,8,9). The smallest absolute Gasteiger partial charge is 0.324 e. The third kappa shape index (κ3) is 5.77. The van der Waals surface area contributed by atoms with Crippen LogP contribution in [0.15, 0.2) is 0 Å². The van der Waals surface area contributed by atoms with E-state index in [2.05, 4.69) is 0 Å². The Morgan fingerprint density at radius 2 is 2.20 bits per heavy atom. The first-order valence-electron chi connectivity index (χ1n) is 2.90. The molecule has 0 rings (SSSR count). The molecule has 0 spiro atoms. The van der Waals surface area contributed by atoms with Crippen LogP contribution in [0.2, 0.25) is 0 Å². The van der Waals surface area contributed by atoms with Crippen molar-refractivity contribution in [2.45, 2.75) is 13.3 Å². The molecule has 10 heavy (non-hydrogen) atoms. The first-order chi connectivity index (χ1) is 4.45. The zero-order valence-corrected chi connectivity index (χ0v) is 6.58. The van der Waals surface area contributed by atoms with Crippen molar-refractivity contribution in [2.75, 3.05) is 6.16 Å². The SMILES string of the molecule is CC(C#N)CCP(=O)(O)O. The normalized spacial score (nSPS) is 14.2. The molecule has 0 aliphatic rings. The minimum absolute atomic E-state index is 0.193. The summed E-state index contributed by atoms with van der Waals surface area (Å²) in [4.78, 5) is 16.7. The molecule has 5 heteroatoms. The van der Waals surface area contributed by atoms with Crippen LogP contribution in [0.3, 0.4) is 0 Å². The molecule has 0 heterocycles. The van der Waals surface area contributed by atoms with Crippen molar-refractivity contribution < 1.29 is 14.4 Å². The Morgan fingerprint density at radius 3 is 2.50 bits per heavy atom. The van der Waals surface area contributed by atoms with E-state index in [9.17, 15) is 4.57 Å². The van der Waals surface area contributed by atoms with E-state index in [1.165, 1.54) is 0 Å². The van der Waals surface area contributed by atoms with Crippen LogP contribution in [0, 0.1) is 17.2 Å². The maximum atomic E-state index is 10.2. The summed E-state index contributed by atoms with van der Waals surface area (Å²) in [6, 6.07) is 1.89. The highest BCUT2D eigenvalue weighted by atomic mass is 31.2. The summed E-state index contributed by atoms with van der Waals surface area (Å²) in [7, 11) is -3.88. The minimum atomic E-state index is -3.88. The highest BCUT2D eigenvalue weighted by molar-refractivity contribution is 7.51. The van der Waals surface area contributed by atoms with Crippen molar-refractivity contribution in [3.05, 3.63) is 0 Å².